The molecule has 2 aromatic rings. The molecule has 0 spiro atoms. The van der Waals surface area contributed by atoms with Crippen LogP contribution in [0.25, 0.3) is 0 Å². The molecule has 0 radical (unpaired) electrons. The van der Waals surface area contributed by atoms with E-state index >= 15 is 0 Å². The fourth-order valence-electron chi connectivity index (χ4n) is 2.23. The summed E-state index contributed by atoms with van der Waals surface area (Å²) in [6, 6.07) is 13.0. The van der Waals surface area contributed by atoms with E-state index in [-0.39, 0.29) is 12.4 Å². The number of nitrogens with zero attached hydrogens (tertiary/aromatic N) is 1. The van der Waals surface area contributed by atoms with Crippen LogP contribution in [0, 0.1) is 0 Å². The van der Waals surface area contributed by atoms with E-state index in [0.717, 1.165) is 28.3 Å². The van der Waals surface area contributed by atoms with Crippen molar-refractivity contribution in [3.05, 3.63) is 58.6 Å². The van der Waals surface area contributed by atoms with E-state index in [9.17, 15) is 4.79 Å². The summed E-state index contributed by atoms with van der Waals surface area (Å²) in [5.74, 6) is 0.477. The minimum absolute atomic E-state index is 0.255. The number of carbonyl (C=O) groups is 1. The molecule has 1 aliphatic rings. The van der Waals surface area contributed by atoms with Gasteiger partial charge in [-0.2, -0.15) is 0 Å². The molecular weight excluding hydrogens is 302 g/mol. The molecule has 1 heterocycles. The average molecular weight is 316 g/mol. The molecule has 0 saturated heterocycles. The van der Waals surface area contributed by atoms with Crippen molar-refractivity contribution in [3.8, 4) is 5.75 Å². The van der Waals surface area contributed by atoms with Gasteiger partial charge in [0, 0.05) is 5.02 Å². The molecule has 2 aromatic carbocycles. The Hall–Kier alpha value is -2.33. The van der Waals surface area contributed by atoms with Gasteiger partial charge in [0.05, 0.1) is 19.2 Å². The van der Waals surface area contributed by atoms with Crippen LogP contribution >= 0.6 is 11.6 Å². The van der Waals surface area contributed by atoms with Gasteiger partial charge in [-0.25, -0.2) is 4.99 Å². The Kier molecular flexibility index (Phi) is 4.11. The quantitative estimate of drug-likeness (QED) is 0.814. The van der Waals surface area contributed by atoms with Crippen LogP contribution in [0.3, 0.4) is 0 Å². The first-order valence-corrected chi connectivity index (χ1v) is 7.19. The molecule has 3 rings (SSSR count). The van der Waals surface area contributed by atoms with Crippen molar-refractivity contribution < 1.29 is 14.3 Å². The fraction of sp³-hybridized carbons (Fsp3) is 0.176. The summed E-state index contributed by atoms with van der Waals surface area (Å²) >= 11 is 5.98. The van der Waals surface area contributed by atoms with Crippen molar-refractivity contribution in [1.82, 2.24) is 0 Å². The second kappa shape index (κ2) is 6.20. The van der Waals surface area contributed by atoms with Crippen molar-refractivity contribution in [2.24, 2.45) is 4.99 Å². The lowest BCUT2D eigenvalue weighted by molar-refractivity contribution is -0.139. The van der Waals surface area contributed by atoms with Crippen molar-refractivity contribution in [3.63, 3.8) is 0 Å². The number of carbonyl (C=O) groups excluding carboxylic acids is 1. The minimum atomic E-state index is -0.255. The number of hydrogen-bond acceptors (Lipinski definition) is 4. The second-order valence-electron chi connectivity index (χ2n) is 4.91. The lowest BCUT2D eigenvalue weighted by Gasteiger charge is -2.17. The summed E-state index contributed by atoms with van der Waals surface area (Å²) in [5, 5.41) is 0.626. The van der Waals surface area contributed by atoms with Crippen molar-refractivity contribution in [1.29, 1.82) is 0 Å². The van der Waals surface area contributed by atoms with Gasteiger partial charge in [0.25, 0.3) is 0 Å². The number of methoxy groups -OCH3 is 1. The number of halogens is 1. The third-order valence-corrected chi connectivity index (χ3v) is 3.64. The van der Waals surface area contributed by atoms with E-state index in [0.29, 0.717) is 11.6 Å². The molecule has 4 nitrogen and oxygen atoms in total. The summed E-state index contributed by atoms with van der Waals surface area (Å²) in [5.41, 5.74) is 3.42. The predicted molar refractivity (Wildman–Crippen MR) is 85.3 cm³/mol. The fourth-order valence-corrected chi connectivity index (χ4v) is 2.39. The molecule has 0 aliphatic carbocycles. The first kappa shape index (κ1) is 14.6. The van der Waals surface area contributed by atoms with Crippen LogP contribution in [0.5, 0.6) is 5.75 Å². The third kappa shape index (κ3) is 3.12. The van der Waals surface area contributed by atoms with Crippen molar-refractivity contribution in [2.45, 2.75) is 6.42 Å². The Balaban J connectivity index is 1.84. The first-order chi connectivity index (χ1) is 10.7. The van der Waals surface area contributed by atoms with Gasteiger partial charge in [-0.15, -0.1) is 0 Å². The van der Waals surface area contributed by atoms with Crippen LogP contribution in [0.15, 0.2) is 47.5 Å². The van der Waals surface area contributed by atoms with E-state index in [1.165, 1.54) is 7.11 Å². The molecule has 0 fully saturated rings. The lowest BCUT2D eigenvalue weighted by atomic mass is 10.1. The largest absolute Gasteiger partial charge is 0.485 e. The van der Waals surface area contributed by atoms with Crippen LogP contribution in [-0.2, 0) is 16.0 Å². The van der Waals surface area contributed by atoms with Crippen molar-refractivity contribution in [2.75, 3.05) is 13.7 Å². The van der Waals surface area contributed by atoms with E-state index < -0.39 is 0 Å². The number of hydrogen-bond donors (Lipinski definition) is 0. The number of fused-ring (bicyclic) bond motifs is 1. The van der Waals surface area contributed by atoms with Gasteiger partial charge >= 0.3 is 5.97 Å². The van der Waals surface area contributed by atoms with Crippen LogP contribution in [0.4, 0.5) is 5.69 Å². The van der Waals surface area contributed by atoms with Crippen LogP contribution < -0.4 is 4.74 Å². The number of aliphatic imine (C=N–C) groups is 1. The maximum absolute atomic E-state index is 11.3. The number of ether oxygens (including phenoxy) is 2. The predicted octanol–water partition coefficient (Wildman–Crippen LogP) is 3.57. The molecular formula is C17H14ClNO3. The van der Waals surface area contributed by atoms with Gasteiger partial charge in [0.15, 0.2) is 0 Å². The monoisotopic (exact) mass is 315 g/mol. The molecule has 0 N–H and O–H groups in total. The van der Waals surface area contributed by atoms with Gasteiger partial charge in [-0.05, 0) is 29.3 Å². The van der Waals surface area contributed by atoms with Gasteiger partial charge in [0.1, 0.15) is 18.0 Å². The molecule has 1 aliphatic heterocycles. The molecule has 0 unspecified atom stereocenters. The number of esters is 1. The molecule has 0 saturated carbocycles. The maximum atomic E-state index is 11.3. The molecule has 0 aromatic heterocycles. The highest BCUT2D eigenvalue weighted by molar-refractivity contribution is 6.31. The van der Waals surface area contributed by atoms with E-state index in [2.05, 4.69) is 9.73 Å². The van der Waals surface area contributed by atoms with Gasteiger partial charge in [-0.1, -0.05) is 35.9 Å². The lowest BCUT2D eigenvalue weighted by Crippen LogP contribution is -2.16. The SMILES string of the molecule is COC(=O)Cc1ccc(C2=Nc3cc(Cl)ccc3OC2)cc1. The standard InChI is InChI=1S/C17H14ClNO3/c1-21-17(20)8-11-2-4-12(5-3-11)15-10-22-16-7-6-13(18)9-14(16)19-15/h2-7,9H,8,10H2,1H3. The minimum Gasteiger partial charge on any atom is -0.485 e. The van der Waals surface area contributed by atoms with E-state index in [1.54, 1.807) is 12.1 Å². The second-order valence-corrected chi connectivity index (χ2v) is 5.35. The van der Waals surface area contributed by atoms with E-state index in [1.807, 2.05) is 30.3 Å². The Morgan fingerprint density at radius 3 is 2.77 bits per heavy atom. The number of rotatable bonds is 3. The summed E-state index contributed by atoms with van der Waals surface area (Å²) in [6.07, 6.45) is 0.262. The molecule has 5 heteroatoms. The normalized spacial score (nSPS) is 12.9. The Bertz CT molecular complexity index is 738. The smallest absolute Gasteiger partial charge is 0.309 e. The zero-order chi connectivity index (χ0) is 15.5. The maximum Gasteiger partial charge on any atom is 0.309 e. The van der Waals surface area contributed by atoms with Crippen LogP contribution in [0.1, 0.15) is 11.1 Å². The summed E-state index contributed by atoms with van der Waals surface area (Å²) in [6.45, 7) is 0.408. The average Bonchev–Trinajstić information content (AvgIpc) is 2.54. The van der Waals surface area contributed by atoms with Gasteiger partial charge < -0.3 is 9.47 Å². The molecule has 0 amide bonds. The summed E-state index contributed by atoms with van der Waals surface area (Å²) < 4.78 is 10.3. The molecule has 22 heavy (non-hydrogen) atoms. The van der Waals surface area contributed by atoms with Crippen molar-refractivity contribution >= 4 is 29.0 Å². The number of benzene rings is 2. The summed E-state index contributed by atoms with van der Waals surface area (Å²) in [7, 11) is 1.38. The first-order valence-electron chi connectivity index (χ1n) is 6.82. The highest BCUT2D eigenvalue weighted by Gasteiger charge is 2.15. The van der Waals surface area contributed by atoms with E-state index in [4.69, 9.17) is 16.3 Å². The highest BCUT2D eigenvalue weighted by atomic mass is 35.5. The summed E-state index contributed by atoms with van der Waals surface area (Å²) in [4.78, 5) is 15.9. The Morgan fingerprint density at radius 2 is 2.05 bits per heavy atom. The Morgan fingerprint density at radius 1 is 1.27 bits per heavy atom. The molecule has 0 bridgehead atoms. The zero-order valence-corrected chi connectivity index (χ0v) is 12.8. The van der Waals surface area contributed by atoms with Crippen LogP contribution in [-0.4, -0.2) is 25.4 Å². The highest BCUT2D eigenvalue weighted by Crippen LogP contribution is 2.33. The zero-order valence-electron chi connectivity index (χ0n) is 12.0. The van der Waals surface area contributed by atoms with Crippen LogP contribution in [0.2, 0.25) is 5.02 Å². The van der Waals surface area contributed by atoms with Gasteiger partial charge in [0.2, 0.25) is 0 Å². The third-order valence-electron chi connectivity index (χ3n) is 3.40. The van der Waals surface area contributed by atoms with Gasteiger partial charge in [-0.3, -0.25) is 4.79 Å². The topological polar surface area (TPSA) is 47.9 Å². The molecule has 112 valence electrons. The Labute approximate surface area is 133 Å². The molecule has 0 atom stereocenters.